The first kappa shape index (κ1) is 14.5. The van der Waals surface area contributed by atoms with E-state index in [1.165, 1.54) is 17.4 Å². The molecule has 2 rings (SSSR count). The summed E-state index contributed by atoms with van der Waals surface area (Å²) in [7, 11) is 0. The highest BCUT2D eigenvalue weighted by Gasteiger charge is 2.19. The van der Waals surface area contributed by atoms with Crippen LogP contribution < -0.4 is 5.73 Å². The third-order valence-electron chi connectivity index (χ3n) is 2.48. The van der Waals surface area contributed by atoms with Gasteiger partial charge in [-0.3, -0.25) is 0 Å². The Morgan fingerprint density at radius 3 is 2.65 bits per heavy atom. The normalized spacial score (nSPS) is 12.0. The number of halogens is 3. The number of hydrogen-bond acceptors (Lipinski definition) is 2. The SMILES string of the molecule is Cc1ccc(F)c([C@@H](N)c2cccs2)c1Cl.Cl. The van der Waals surface area contributed by atoms with E-state index in [2.05, 4.69) is 0 Å². The molecule has 0 bridgehead atoms. The van der Waals surface area contributed by atoms with E-state index in [4.69, 9.17) is 17.3 Å². The van der Waals surface area contributed by atoms with Gasteiger partial charge in [0.15, 0.2) is 0 Å². The molecule has 5 heteroatoms. The van der Waals surface area contributed by atoms with Gasteiger partial charge in [0.2, 0.25) is 0 Å². The highest BCUT2D eigenvalue weighted by Crippen LogP contribution is 2.32. The Bertz CT molecular complexity index is 499. The summed E-state index contributed by atoms with van der Waals surface area (Å²) < 4.78 is 13.7. The fourth-order valence-electron chi connectivity index (χ4n) is 1.57. The fraction of sp³-hybridized carbons (Fsp3) is 0.167. The van der Waals surface area contributed by atoms with Crippen molar-refractivity contribution in [1.29, 1.82) is 0 Å². The van der Waals surface area contributed by atoms with E-state index in [9.17, 15) is 4.39 Å². The lowest BCUT2D eigenvalue weighted by atomic mass is 10.0. The minimum absolute atomic E-state index is 0. The first-order chi connectivity index (χ1) is 7.61. The predicted octanol–water partition coefficient (Wildman–Crippen LogP) is 4.32. The lowest BCUT2D eigenvalue weighted by Gasteiger charge is -2.14. The molecule has 0 saturated heterocycles. The molecule has 1 heterocycles. The Hall–Kier alpha value is -0.610. The van der Waals surface area contributed by atoms with E-state index in [1.54, 1.807) is 6.07 Å². The fourth-order valence-corrected chi connectivity index (χ4v) is 2.58. The second kappa shape index (κ2) is 5.83. The maximum atomic E-state index is 13.7. The maximum Gasteiger partial charge on any atom is 0.129 e. The van der Waals surface area contributed by atoms with Crippen LogP contribution in [-0.4, -0.2) is 0 Å². The summed E-state index contributed by atoms with van der Waals surface area (Å²) in [5.74, 6) is -0.350. The van der Waals surface area contributed by atoms with Crippen LogP contribution in [0.2, 0.25) is 5.02 Å². The molecule has 1 atom stereocenters. The van der Waals surface area contributed by atoms with Gasteiger partial charge in [-0.05, 0) is 30.0 Å². The summed E-state index contributed by atoms with van der Waals surface area (Å²) in [6, 6.07) is 6.34. The Kier molecular flexibility index (Phi) is 4.95. The zero-order valence-electron chi connectivity index (χ0n) is 9.11. The van der Waals surface area contributed by atoms with Gasteiger partial charge in [-0.25, -0.2) is 4.39 Å². The first-order valence-corrected chi connectivity index (χ1v) is 6.10. The smallest absolute Gasteiger partial charge is 0.129 e. The molecule has 17 heavy (non-hydrogen) atoms. The van der Waals surface area contributed by atoms with Crippen LogP contribution in [0.15, 0.2) is 29.6 Å². The summed E-state index contributed by atoms with van der Waals surface area (Å²) >= 11 is 7.59. The average molecular weight is 292 g/mol. The van der Waals surface area contributed by atoms with Crippen molar-refractivity contribution in [2.75, 3.05) is 0 Å². The van der Waals surface area contributed by atoms with Crippen LogP contribution >= 0.6 is 35.3 Å². The largest absolute Gasteiger partial charge is 0.319 e. The van der Waals surface area contributed by atoms with Gasteiger partial charge < -0.3 is 5.73 Å². The van der Waals surface area contributed by atoms with Crippen molar-refractivity contribution in [3.05, 3.63) is 56.5 Å². The third-order valence-corrected chi connectivity index (χ3v) is 3.94. The molecule has 2 aromatic rings. The van der Waals surface area contributed by atoms with E-state index in [1.807, 2.05) is 24.4 Å². The van der Waals surface area contributed by atoms with Crippen LogP contribution in [0.5, 0.6) is 0 Å². The van der Waals surface area contributed by atoms with Crippen molar-refractivity contribution in [3.63, 3.8) is 0 Å². The molecular formula is C12H12Cl2FNS. The Labute approximate surface area is 115 Å². The molecule has 0 amide bonds. The highest BCUT2D eigenvalue weighted by molar-refractivity contribution is 7.10. The molecule has 0 spiro atoms. The number of thiophene rings is 1. The van der Waals surface area contributed by atoms with Gasteiger partial charge in [0.05, 0.1) is 11.1 Å². The van der Waals surface area contributed by atoms with Gasteiger partial charge in [0.1, 0.15) is 5.82 Å². The van der Waals surface area contributed by atoms with Crippen LogP contribution in [0, 0.1) is 12.7 Å². The second-order valence-corrected chi connectivity index (χ2v) is 4.94. The summed E-state index contributed by atoms with van der Waals surface area (Å²) in [5.41, 5.74) is 7.23. The summed E-state index contributed by atoms with van der Waals surface area (Å²) in [6.45, 7) is 1.84. The molecule has 1 aromatic carbocycles. The number of nitrogens with two attached hydrogens (primary N) is 1. The molecule has 0 aliphatic rings. The number of hydrogen-bond donors (Lipinski definition) is 1. The minimum atomic E-state index is -0.493. The lowest BCUT2D eigenvalue weighted by molar-refractivity contribution is 0.600. The molecule has 0 radical (unpaired) electrons. The van der Waals surface area contributed by atoms with Crippen molar-refractivity contribution >= 4 is 35.3 Å². The Morgan fingerprint density at radius 1 is 1.35 bits per heavy atom. The van der Waals surface area contributed by atoms with Crippen LogP contribution in [0.1, 0.15) is 22.0 Å². The highest BCUT2D eigenvalue weighted by atomic mass is 35.5. The lowest BCUT2D eigenvalue weighted by Crippen LogP contribution is -2.13. The van der Waals surface area contributed by atoms with Crippen molar-refractivity contribution in [2.24, 2.45) is 5.73 Å². The molecule has 0 aliphatic heterocycles. The topological polar surface area (TPSA) is 26.0 Å². The van der Waals surface area contributed by atoms with Crippen LogP contribution in [0.25, 0.3) is 0 Å². The molecule has 1 aromatic heterocycles. The number of rotatable bonds is 2. The quantitative estimate of drug-likeness (QED) is 0.876. The molecule has 0 saturated carbocycles. The van der Waals surface area contributed by atoms with Gasteiger partial charge in [0, 0.05) is 10.4 Å². The van der Waals surface area contributed by atoms with E-state index in [0.717, 1.165) is 10.4 Å². The van der Waals surface area contributed by atoms with Crippen molar-refractivity contribution in [2.45, 2.75) is 13.0 Å². The predicted molar refractivity (Wildman–Crippen MR) is 73.7 cm³/mol. The summed E-state index contributed by atoms with van der Waals surface area (Å²) in [4.78, 5) is 0.909. The van der Waals surface area contributed by atoms with Crippen LogP contribution in [0.4, 0.5) is 4.39 Å². The summed E-state index contributed by atoms with van der Waals surface area (Å²) in [5, 5.41) is 2.33. The molecular weight excluding hydrogens is 280 g/mol. The van der Waals surface area contributed by atoms with Crippen molar-refractivity contribution in [3.8, 4) is 0 Å². The van der Waals surface area contributed by atoms with E-state index in [-0.39, 0.29) is 18.2 Å². The van der Waals surface area contributed by atoms with E-state index in [0.29, 0.717) is 10.6 Å². The Morgan fingerprint density at radius 2 is 2.06 bits per heavy atom. The molecule has 0 unspecified atom stereocenters. The van der Waals surface area contributed by atoms with Crippen LogP contribution in [-0.2, 0) is 0 Å². The monoisotopic (exact) mass is 291 g/mol. The van der Waals surface area contributed by atoms with Gasteiger partial charge >= 0.3 is 0 Å². The van der Waals surface area contributed by atoms with Gasteiger partial charge in [-0.2, -0.15) is 0 Å². The Balaban J connectivity index is 0.00000144. The van der Waals surface area contributed by atoms with Gasteiger partial charge in [-0.15, -0.1) is 23.7 Å². The zero-order chi connectivity index (χ0) is 11.7. The standard InChI is InChI=1S/C12H11ClFNS.ClH/c1-7-4-5-8(14)10(11(7)13)12(15)9-3-2-6-16-9;/h2-6,12H,15H2,1H3;1H/t12-;/m0./s1. The molecule has 2 N–H and O–H groups in total. The number of benzene rings is 1. The van der Waals surface area contributed by atoms with E-state index >= 15 is 0 Å². The van der Waals surface area contributed by atoms with Crippen molar-refractivity contribution < 1.29 is 4.39 Å². The first-order valence-electron chi connectivity index (χ1n) is 4.84. The zero-order valence-corrected chi connectivity index (χ0v) is 11.5. The molecule has 1 nitrogen and oxygen atoms in total. The van der Waals surface area contributed by atoms with Gasteiger partial charge in [-0.1, -0.05) is 23.7 Å². The number of aryl methyl sites for hydroxylation is 1. The molecule has 0 aliphatic carbocycles. The van der Waals surface area contributed by atoms with Gasteiger partial charge in [0.25, 0.3) is 0 Å². The van der Waals surface area contributed by atoms with Crippen molar-refractivity contribution in [1.82, 2.24) is 0 Å². The summed E-state index contributed by atoms with van der Waals surface area (Å²) in [6.07, 6.45) is 0. The molecule has 92 valence electrons. The third kappa shape index (κ3) is 2.80. The maximum absolute atomic E-state index is 13.7. The van der Waals surface area contributed by atoms with E-state index < -0.39 is 6.04 Å². The minimum Gasteiger partial charge on any atom is -0.319 e. The molecule has 0 fully saturated rings. The average Bonchev–Trinajstić information content (AvgIpc) is 2.77. The van der Waals surface area contributed by atoms with Crippen LogP contribution in [0.3, 0.4) is 0 Å². The second-order valence-electron chi connectivity index (χ2n) is 3.59.